The molecule has 59 heavy (non-hydrogen) atoms. The molecule has 3 aromatic heterocycles. The number of imide groups is 1. The highest BCUT2D eigenvalue weighted by Gasteiger charge is 2.39. The molecule has 2 aliphatic heterocycles. The van der Waals surface area contributed by atoms with Crippen molar-refractivity contribution in [1.29, 1.82) is 5.26 Å². The number of carbonyl (C=O) groups is 3. The molecule has 1 atom stereocenters. The van der Waals surface area contributed by atoms with Gasteiger partial charge in [0.15, 0.2) is 0 Å². The minimum absolute atomic E-state index is 0.0675. The Morgan fingerprint density at radius 1 is 0.932 bits per heavy atom. The van der Waals surface area contributed by atoms with Gasteiger partial charge in [0.2, 0.25) is 11.8 Å². The van der Waals surface area contributed by atoms with Crippen LogP contribution in [0.1, 0.15) is 116 Å². The van der Waals surface area contributed by atoms with Gasteiger partial charge >= 0.3 is 0 Å². The molecule has 3 amide bonds. The number of hydrogen-bond acceptors (Lipinski definition) is 9. The van der Waals surface area contributed by atoms with Crippen LogP contribution in [0.2, 0.25) is 0 Å². The van der Waals surface area contributed by atoms with Gasteiger partial charge in [-0.05, 0) is 113 Å². The first kappa shape index (κ1) is 38.9. The van der Waals surface area contributed by atoms with Crippen LogP contribution in [0, 0.1) is 23.0 Å². The summed E-state index contributed by atoms with van der Waals surface area (Å²) in [6, 6.07) is 14.7. The molecule has 4 aliphatic rings. The van der Waals surface area contributed by atoms with Crippen molar-refractivity contribution in [3.63, 3.8) is 0 Å². The van der Waals surface area contributed by atoms with Gasteiger partial charge in [-0.25, -0.2) is 13.3 Å². The van der Waals surface area contributed by atoms with E-state index in [0.717, 1.165) is 75.6 Å². The first-order valence-corrected chi connectivity index (χ1v) is 20.6. The van der Waals surface area contributed by atoms with Crippen molar-refractivity contribution in [3.05, 3.63) is 94.4 Å². The number of amides is 3. The molecule has 15 heteroatoms. The summed E-state index contributed by atoms with van der Waals surface area (Å²) in [7, 11) is 0. The summed E-state index contributed by atoms with van der Waals surface area (Å²) in [5.41, 5.74) is 2.26. The first-order valence-electron chi connectivity index (χ1n) is 20.6. The zero-order valence-electron chi connectivity index (χ0n) is 33.1. The number of halogens is 2. The summed E-state index contributed by atoms with van der Waals surface area (Å²) in [6.45, 7) is 7.25. The average molecular weight is 804 g/mol. The Balaban J connectivity index is 0.787. The summed E-state index contributed by atoms with van der Waals surface area (Å²) in [4.78, 5) is 42.4. The number of anilines is 1. The largest absolute Gasteiger partial charge is 0.386 e. The molecule has 0 bridgehead atoms. The minimum Gasteiger partial charge on any atom is -0.386 e. The van der Waals surface area contributed by atoms with Gasteiger partial charge in [-0.3, -0.25) is 34.2 Å². The third-order valence-electron chi connectivity index (χ3n) is 13.1. The Kier molecular flexibility index (Phi) is 10.1. The molecule has 0 radical (unpaired) electrons. The summed E-state index contributed by atoms with van der Waals surface area (Å²) < 4.78 is 33.9. The summed E-state index contributed by atoms with van der Waals surface area (Å²) in [6.07, 6.45) is 9.41. The number of hydrogen-bond donors (Lipinski definition) is 3. The summed E-state index contributed by atoms with van der Waals surface area (Å²) in [5, 5.41) is 35.6. The first-order chi connectivity index (χ1) is 28.3. The van der Waals surface area contributed by atoms with Crippen LogP contribution >= 0.6 is 0 Å². The van der Waals surface area contributed by atoms with Gasteiger partial charge < -0.3 is 10.4 Å². The van der Waals surface area contributed by atoms with E-state index in [1.165, 1.54) is 22.8 Å². The van der Waals surface area contributed by atoms with Gasteiger partial charge in [-0.2, -0.15) is 15.5 Å². The molecule has 0 unspecified atom stereocenters. The van der Waals surface area contributed by atoms with Gasteiger partial charge in [0.05, 0.1) is 40.4 Å². The van der Waals surface area contributed by atoms with E-state index in [2.05, 4.69) is 31.6 Å². The lowest BCUT2D eigenvalue weighted by Crippen LogP contribution is -2.56. The van der Waals surface area contributed by atoms with Crippen LogP contribution in [0.25, 0.3) is 16.4 Å². The fourth-order valence-electron chi connectivity index (χ4n) is 9.76. The minimum atomic E-state index is -1.25. The molecular weight excluding hydrogens is 757 g/mol. The SMILES string of the molecule is CC(C)(O)c1cc2nn(C3CCC(N4CCN(C5CC(c6cc(F)c([C@@H]7CCC(=O)NC7=O)c(F)c6)C5)CC4)CC3)cc2cc1NC(=O)c1ccc2cc(C#N)cnn12. The molecule has 2 aromatic carbocycles. The van der Waals surface area contributed by atoms with Gasteiger partial charge in [0.1, 0.15) is 23.4 Å². The van der Waals surface area contributed by atoms with Gasteiger partial charge in [-0.15, -0.1) is 0 Å². The highest BCUT2D eigenvalue weighted by Crippen LogP contribution is 2.43. The lowest BCUT2D eigenvalue weighted by Gasteiger charge is -2.48. The molecule has 306 valence electrons. The number of fused-ring (bicyclic) bond motifs is 2. The Morgan fingerprint density at radius 2 is 1.61 bits per heavy atom. The number of aromatic nitrogens is 4. The number of piperazine rings is 1. The van der Waals surface area contributed by atoms with Crippen LogP contribution in [0.15, 0.2) is 54.9 Å². The number of rotatable bonds is 8. The van der Waals surface area contributed by atoms with Crippen molar-refractivity contribution < 1.29 is 28.3 Å². The number of carbonyl (C=O) groups excluding carboxylic acids is 3. The predicted molar refractivity (Wildman–Crippen MR) is 215 cm³/mol. The molecule has 2 aliphatic carbocycles. The fraction of sp³-hybridized carbons (Fsp3) is 0.455. The van der Waals surface area contributed by atoms with Crippen LogP contribution in [-0.4, -0.2) is 90.3 Å². The maximum absolute atomic E-state index is 15.2. The fourth-order valence-corrected chi connectivity index (χ4v) is 9.76. The second-order valence-corrected chi connectivity index (χ2v) is 17.2. The maximum atomic E-state index is 15.2. The summed E-state index contributed by atoms with van der Waals surface area (Å²) in [5.74, 6) is -3.79. The van der Waals surface area contributed by atoms with Gasteiger partial charge in [-0.1, -0.05) is 0 Å². The highest BCUT2D eigenvalue weighted by molar-refractivity contribution is 6.05. The van der Waals surface area contributed by atoms with Crippen LogP contribution in [0.5, 0.6) is 0 Å². The predicted octanol–water partition coefficient (Wildman–Crippen LogP) is 5.88. The van der Waals surface area contributed by atoms with E-state index in [1.807, 2.05) is 23.0 Å². The third-order valence-corrected chi connectivity index (χ3v) is 13.1. The van der Waals surface area contributed by atoms with Crippen molar-refractivity contribution in [1.82, 2.24) is 34.5 Å². The number of nitrogens with zero attached hydrogens (tertiary/aromatic N) is 7. The topological polar surface area (TPSA) is 161 Å². The van der Waals surface area contributed by atoms with Crippen LogP contribution < -0.4 is 10.6 Å². The van der Waals surface area contributed by atoms with Crippen LogP contribution in [-0.2, 0) is 15.2 Å². The van der Waals surface area contributed by atoms with Crippen LogP contribution in [0.4, 0.5) is 14.5 Å². The van der Waals surface area contributed by atoms with Crippen molar-refractivity contribution in [2.45, 2.75) is 101 Å². The lowest BCUT2D eigenvalue weighted by atomic mass is 9.74. The number of benzene rings is 2. The van der Waals surface area contributed by atoms with Crippen molar-refractivity contribution in [2.24, 2.45) is 0 Å². The molecule has 3 N–H and O–H groups in total. The Labute approximate surface area is 339 Å². The van der Waals surface area contributed by atoms with E-state index in [0.29, 0.717) is 45.7 Å². The Morgan fingerprint density at radius 3 is 2.27 bits per heavy atom. The molecule has 0 spiro atoms. The molecule has 2 saturated carbocycles. The second kappa shape index (κ2) is 15.2. The average Bonchev–Trinajstić information content (AvgIpc) is 3.81. The Bertz CT molecular complexity index is 2490. The standard InChI is InChI=1S/C44H47F2N9O4/c1-44(2,59)34-21-37-28(20-38(34)49-43(58)39-9-7-31-15-25(22-47)23-48-55(31)39)24-54(51-37)30-5-3-29(4-6-30)52-11-13-53(14-12-52)32-16-26(17-32)27-18-35(45)41(36(46)19-27)33-8-10-40(56)50-42(33)57/h7,9,15,18-21,23-24,26,29-30,32-33,59H,3-6,8,10-14,16-17H2,1-2H3,(H,49,58)(H,50,56,57)/t26?,29?,30?,32?,33-/m0/s1. The zero-order valence-corrected chi connectivity index (χ0v) is 33.1. The van der Waals surface area contributed by atoms with Gasteiger partial charge in [0, 0.05) is 73.1 Å². The van der Waals surface area contributed by atoms with E-state index in [-0.39, 0.29) is 36.3 Å². The van der Waals surface area contributed by atoms with Crippen molar-refractivity contribution >= 4 is 39.8 Å². The quantitative estimate of drug-likeness (QED) is 0.163. The van der Waals surface area contributed by atoms with Gasteiger partial charge in [0.25, 0.3) is 5.91 Å². The molecular formula is C44H47F2N9O4. The van der Waals surface area contributed by atoms with E-state index < -0.39 is 35.0 Å². The second-order valence-electron chi connectivity index (χ2n) is 17.2. The monoisotopic (exact) mass is 803 g/mol. The number of piperidine rings is 1. The lowest BCUT2D eigenvalue weighted by molar-refractivity contribution is -0.134. The molecule has 13 nitrogen and oxygen atoms in total. The van der Waals surface area contributed by atoms with E-state index in [1.54, 1.807) is 32.0 Å². The van der Waals surface area contributed by atoms with E-state index in [9.17, 15) is 24.8 Å². The molecule has 4 fully saturated rings. The zero-order chi connectivity index (χ0) is 41.2. The number of nitriles is 1. The molecule has 2 saturated heterocycles. The maximum Gasteiger partial charge on any atom is 0.274 e. The van der Waals surface area contributed by atoms with Crippen LogP contribution in [0.3, 0.4) is 0 Å². The van der Waals surface area contributed by atoms with E-state index in [4.69, 9.17) is 5.10 Å². The third kappa shape index (κ3) is 7.49. The van der Waals surface area contributed by atoms with E-state index >= 15 is 8.78 Å². The Hall–Kier alpha value is -5.56. The number of aliphatic hydroxyl groups is 1. The number of nitrogens with one attached hydrogen (secondary N) is 2. The van der Waals surface area contributed by atoms with Crippen molar-refractivity contribution in [2.75, 3.05) is 31.5 Å². The molecule has 5 heterocycles. The molecule has 5 aromatic rings. The van der Waals surface area contributed by atoms with Crippen molar-refractivity contribution in [3.8, 4) is 6.07 Å². The highest BCUT2D eigenvalue weighted by atomic mass is 19.1. The summed E-state index contributed by atoms with van der Waals surface area (Å²) >= 11 is 0. The molecule has 9 rings (SSSR count). The smallest absolute Gasteiger partial charge is 0.274 e. The normalized spacial score (nSPS) is 24.5.